The zero-order valence-electron chi connectivity index (χ0n) is 17.2. The van der Waals surface area contributed by atoms with Crippen molar-refractivity contribution in [2.24, 2.45) is 0 Å². The van der Waals surface area contributed by atoms with Crippen molar-refractivity contribution in [2.45, 2.75) is 51.6 Å². The van der Waals surface area contributed by atoms with Gasteiger partial charge in [0, 0.05) is 5.56 Å². The summed E-state index contributed by atoms with van der Waals surface area (Å²) in [5, 5.41) is 9.44. The molecule has 2 atom stereocenters. The maximum atomic E-state index is 13.0. The number of carboxylic acids is 1. The van der Waals surface area contributed by atoms with E-state index in [0.29, 0.717) is 34.9 Å². The third-order valence-electron chi connectivity index (χ3n) is 5.49. The second-order valence-corrected chi connectivity index (χ2v) is 7.74. The number of rotatable bonds is 8. The number of aromatic nitrogens is 1. The molecule has 1 N–H and O–H groups in total. The van der Waals surface area contributed by atoms with E-state index in [-0.39, 0.29) is 24.6 Å². The molecule has 1 aromatic heterocycles. The van der Waals surface area contributed by atoms with Crippen LogP contribution in [-0.4, -0.2) is 28.3 Å². The second kappa shape index (κ2) is 9.41. The molecule has 162 valence electrons. The molecule has 0 amide bonds. The molecule has 1 heterocycles. The van der Waals surface area contributed by atoms with Crippen molar-refractivity contribution in [2.75, 3.05) is 0 Å². The highest BCUT2D eigenvalue weighted by Crippen LogP contribution is 2.27. The van der Waals surface area contributed by atoms with Crippen LogP contribution in [0.2, 0.25) is 0 Å². The number of aromatic carboxylic acids is 1. The summed E-state index contributed by atoms with van der Waals surface area (Å²) in [4.78, 5) is 15.9. The van der Waals surface area contributed by atoms with Crippen LogP contribution < -0.4 is 0 Å². The van der Waals surface area contributed by atoms with Crippen LogP contribution in [0.3, 0.4) is 0 Å². The van der Waals surface area contributed by atoms with Crippen molar-refractivity contribution < 1.29 is 28.2 Å². The molecule has 0 bridgehead atoms. The Bertz CT molecular complexity index is 1050. The number of hydrogen-bond donors (Lipinski definition) is 1. The van der Waals surface area contributed by atoms with Crippen LogP contribution in [0, 0.1) is 12.7 Å². The van der Waals surface area contributed by atoms with Gasteiger partial charge >= 0.3 is 5.97 Å². The highest BCUT2D eigenvalue weighted by atomic mass is 19.1. The first kappa shape index (κ1) is 21.2. The number of aryl methyl sites for hydroxylation is 1. The van der Waals surface area contributed by atoms with Crippen LogP contribution in [0.25, 0.3) is 11.5 Å². The highest BCUT2D eigenvalue weighted by molar-refractivity contribution is 5.91. The van der Waals surface area contributed by atoms with E-state index in [1.54, 1.807) is 37.5 Å². The highest BCUT2D eigenvalue weighted by Gasteiger charge is 2.27. The fourth-order valence-electron chi connectivity index (χ4n) is 3.87. The number of ether oxygens (including phenoxy) is 2. The number of hydrogen-bond acceptors (Lipinski definition) is 5. The summed E-state index contributed by atoms with van der Waals surface area (Å²) in [6, 6.07) is 11.4. The Kier molecular flexibility index (Phi) is 6.44. The lowest BCUT2D eigenvalue weighted by atomic mass is 10.0. The van der Waals surface area contributed by atoms with Crippen molar-refractivity contribution in [1.82, 2.24) is 4.98 Å². The zero-order valence-corrected chi connectivity index (χ0v) is 17.2. The van der Waals surface area contributed by atoms with Gasteiger partial charge in [0.05, 0.1) is 31.0 Å². The molecule has 1 fully saturated rings. The van der Waals surface area contributed by atoms with Crippen LogP contribution in [0.4, 0.5) is 4.39 Å². The quantitative estimate of drug-likeness (QED) is 0.538. The van der Waals surface area contributed by atoms with Gasteiger partial charge in [-0.15, -0.1) is 0 Å². The number of carbonyl (C=O) groups is 1. The zero-order chi connectivity index (χ0) is 21.8. The van der Waals surface area contributed by atoms with Crippen molar-refractivity contribution in [3.8, 4) is 11.5 Å². The predicted octanol–water partition coefficient (Wildman–Crippen LogP) is 5.14. The Morgan fingerprint density at radius 1 is 1.13 bits per heavy atom. The van der Waals surface area contributed by atoms with Crippen molar-refractivity contribution in [3.05, 3.63) is 76.9 Å². The van der Waals surface area contributed by atoms with E-state index in [4.69, 9.17) is 13.9 Å². The lowest BCUT2D eigenvalue weighted by Gasteiger charge is -2.15. The number of carboxylic acid groups (broad SMARTS) is 1. The van der Waals surface area contributed by atoms with Gasteiger partial charge in [-0.3, -0.25) is 0 Å². The summed E-state index contributed by atoms with van der Waals surface area (Å²) in [6.07, 6.45) is 4.10. The van der Waals surface area contributed by atoms with Gasteiger partial charge < -0.3 is 19.0 Å². The van der Waals surface area contributed by atoms with E-state index in [9.17, 15) is 14.3 Å². The van der Waals surface area contributed by atoms with Gasteiger partial charge in [-0.1, -0.05) is 18.2 Å². The van der Waals surface area contributed by atoms with Crippen LogP contribution >= 0.6 is 0 Å². The molecule has 0 radical (unpaired) electrons. The van der Waals surface area contributed by atoms with Gasteiger partial charge in [0.1, 0.15) is 17.8 Å². The molecule has 0 spiro atoms. The number of oxazole rings is 1. The topological polar surface area (TPSA) is 81.8 Å². The summed E-state index contributed by atoms with van der Waals surface area (Å²) in [7, 11) is 0. The van der Waals surface area contributed by atoms with Crippen molar-refractivity contribution >= 4 is 5.97 Å². The van der Waals surface area contributed by atoms with E-state index >= 15 is 0 Å². The molecule has 2 unspecified atom stereocenters. The van der Waals surface area contributed by atoms with Crippen LogP contribution in [-0.2, 0) is 22.7 Å². The maximum Gasteiger partial charge on any atom is 0.336 e. The summed E-state index contributed by atoms with van der Waals surface area (Å²) in [5.74, 6) is -0.811. The Balaban J connectivity index is 1.26. The standard InChI is InChI=1S/C24H24FNO5/c1-15-3-2-4-17(22(15)24(27)28)12-29-20-9-10-21(11-20)30-13-19-14-31-23(26-19)16-5-7-18(25)8-6-16/h2-8,14,20-21H,9-13H2,1H3,(H,27,28). The lowest BCUT2D eigenvalue weighted by Crippen LogP contribution is -2.14. The van der Waals surface area contributed by atoms with Crippen LogP contribution in [0.15, 0.2) is 53.1 Å². The average Bonchev–Trinajstić information content (AvgIpc) is 3.40. The Labute approximate surface area is 179 Å². The van der Waals surface area contributed by atoms with Gasteiger partial charge in [-0.25, -0.2) is 14.2 Å². The summed E-state index contributed by atoms with van der Waals surface area (Å²) in [6.45, 7) is 2.38. The first-order chi connectivity index (χ1) is 15.0. The normalized spacial score (nSPS) is 18.4. The first-order valence-corrected chi connectivity index (χ1v) is 10.2. The van der Waals surface area contributed by atoms with Crippen molar-refractivity contribution in [3.63, 3.8) is 0 Å². The molecule has 3 aromatic rings. The molecule has 31 heavy (non-hydrogen) atoms. The minimum Gasteiger partial charge on any atom is -0.478 e. The van der Waals surface area contributed by atoms with Crippen LogP contribution in [0.5, 0.6) is 0 Å². The molecule has 1 aliphatic rings. The molecule has 6 nitrogen and oxygen atoms in total. The maximum absolute atomic E-state index is 13.0. The molecule has 2 aromatic carbocycles. The SMILES string of the molecule is Cc1cccc(COC2CCC(OCc3coc(-c4ccc(F)cc4)n3)C2)c1C(=O)O. The third-order valence-corrected chi connectivity index (χ3v) is 5.49. The van der Waals surface area contributed by atoms with Gasteiger partial charge in [-0.05, 0) is 61.6 Å². The van der Waals surface area contributed by atoms with E-state index in [1.807, 2.05) is 6.07 Å². The van der Waals surface area contributed by atoms with Crippen molar-refractivity contribution in [1.29, 1.82) is 0 Å². The van der Waals surface area contributed by atoms with Gasteiger partial charge in [0.15, 0.2) is 0 Å². The summed E-state index contributed by atoms with van der Waals surface area (Å²) >= 11 is 0. The molecule has 1 saturated carbocycles. The molecular weight excluding hydrogens is 401 g/mol. The number of halogens is 1. The summed E-state index contributed by atoms with van der Waals surface area (Å²) in [5.41, 5.74) is 3.12. The fraction of sp³-hybridized carbons (Fsp3) is 0.333. The van der Waals surface area contributed by atoms with Gasteiger partial charge in [0.25, 0.3) is 0 Å². The van der Waals surface area contributed by atoms with E-state index < -0.39 is 5.97 Å². The third kappa shape index (κ3) is 5.18. The summed E-state index contributed by atoms with van der Waals surface area (Å²) < 4.78 is 30.5. The van der Waals surface area contributed by atoms with Gasteiger partial charge in [-0.2, -0.15) is 0 Å². The largest absolute Gasteiger partial charge is 0.478 e. The monoisotopic (exact) mass is 425 g/mol. The minimum atomic E-state index is -0.933. The lowest BCUT2D eigenvalue weighted by molar-refractivity contribution is 0.00850. The Morgan fingerprint density at radius 3 is 2.55 bits per heavy atom. The van der Waals surface area contributed by atoms with Crippen LogP contribution in [0.1, 0.15) is 46.4 Å². The molecule has 4 rings (SSSR count). The fourth-order valence-corrected chi connectivity index (χ4v) is 3.87. The molecule has 7 heteroatoms. The van der Waals surface area contributed by atoms with E-state index in [0.717, 1.165) is 24.8 Å². The van der Waals surface area contributed by atoms with E-state index in [2.05, 4.69) is 4.98 Å². The second-order valence-electron chi connectivity index (χ2n) is 7.74. The first-order valence-electron chi connectivity index (χ1n) is 10.2. The molecule has 1 aliphatic carbocycles. The molecular formula is C24H24FNO5. The van der Waals surface area contributed by atoms with Gasteiger partial charge in [0.2, 0.25) is 5.89 Å². The Hall–Kier alpha value is -3.03. The van der Waals surface area contributed by atoms with E-state index in [1.165, 1.54) is 12.1 Å². The molecule has 0 aliphatic heterocycles. The number of benzene rings is 2. The smallest absolute Gasteiger partial charge is 0.336 e. The Morgan fingerprint density at radius 2 is 1.84 bits per heavy atom. The predicted molar refractivity (Wildman–Crippen MR) is 111 cm³/mol. The minimum absolute atomic E-state index is 0.0271. The molecule has 0 saturated heterocycles. The average molecular weight is 425 g/mol. The number of nitrogens with zero attached hydrogens (tertiary/aromatic N) is 1.